The molecule has 1 spiro atoms. The maximum absolute atomic E-state index is 13.8. The van der Waals surface area contributed by atoms with E-state index in [0.29, 0.717) is 5.69 Å². The number of halogens is 3. The summed E-state index contributed by atoms with van der Waals surface area (Å²) in [5, 5.41) is 6.52. The highest BCUT2D eigenvalue weighted by atomic mass is 19.4. The maximum Gasteiger partial charge on any atom is 0.417 e. The Morgan fingerprint density at radius 2 is 1.76 bits per heavy atom. The minimum absolute atomic E-state index is 0.0865. The van der Waals surface area contributed by atoms with Crippen LogP contribution in [-0.4, -0.2) is 23.2 Å². The molecular weight excluding hydrogens is 475 g/mol. The molecule has 0 bridgehead atoms. The van der Waals surface area contributed by atoms with Crippen LogP contribution in [0.2, 0.25) is 0 Å². The van der Waals surface area contributed by atoms with Gasteiger partial charge in [0.05, 0.1) is 5.56 Å². The standard InChI is InChI=1S/C30H26F3N3O/c31-30(32,33)25-4-2-1-3-24(25)27-26(28(37-35-27)20-5-6-20)22-16-29(17-22)10-13-36(14-11-29)23-8-7-19-9-12-34-18-21(19)15-23/h1-4,7-9,12,15-16,18,20H,5-6,10-11,13-14,17H2. The average Bonchev–Trinajstić information content (AvgIpc) is 3.65. The van der Waals surface area contributed by atoms with E-state index in [2.05, 4.69) is 39.3 Å². The molecule has 37 heavy (non-hydrogen) atoms. The van der Waals surface area contributed by atoms with Crippen LogP contribution in [0.1, 0.15) is 54.9 Å². The van der Waals surface area contributed by atoms with Gasteiger partial charge >= 0.3 is 6.18 Å². The van der Waals surface area contributed by atoms with Crippen LogP contribution in [0.15, 0.2) is 71.5 Å². The number of hydrogen-bond donors (Lipinski definition) is 0. The van der Waals surface area contributed by atoms with Crippen molar-refractivity contribution in [1.82, 2.24) is 10.1 Å². The summed E-state index contributed by atoms with van der Waals surface area (Å²) in [4.78, 5) is 6.67. The van der Waals surface area contributed by atoms with E-state index in [-0.39, 0.29) is 16.9 Å². The minimum Gasteiger partial charge on any atom is -0.371 e. The van der Waals surface area contributed by atoms with Crippen molar-refractivity contribution in [3.8, 4) is 11.3 Å². The van der Waals surface area contributed by atoms with Gasteiger partial charge in [-0.25, -0.2) is 0 Å². The van der Waals surface area contributed by atoms with Crippen molar-refractivity contribution in [2.75, 3.05) is 18.0 Å². The Morgan fingerprint density at radius 3 is 2.51 bits per heavy atom. The summed E-state index contributed by atoms with van der Waals surface area (Å²) < 4.78 is 47.1. The van der Waals surface area contributed by atoms with Gasteiger partial charge in [-0.15, -0.1) is 0 Å². The van der Waals surface area contributed by atoms with E-state index in [1.165, 1.54) is 23.2 Å². The Bertz CT molecular complexity index is 1520. The van der Waals surface area contributed by atoms with Gasteiger partial charge in [0.25, 0.3) is 0 Å². The molecule has 3 heterocycles. The average molecular weight is 502 g/mol. The van der Waals surface area contributed by atoms with Crippen LogP contribution in [0.3, 0.4) is 0 Å². The number of anilines is 1. The number of alkyl halides is 3. The van der Waals surface area contributed by atoms with E-state index >= 15 is 0 Å². The highest BCUT2D eigenvalue weighted by Crippen LogP contribution is 2.56. The lowest BCUT2D eigenvalue weighted by molar-refractivity contribution is -0.137. The SMILES string of the molecule is FC(F)(F)c1ccccc1-c1noc(C2CC2)c1C1=CC2(CCN(c3ccc4ccncc4c3)CC2)C1. The van der Waals surface area contributed by atoms with Crippen molar-refractivity contribution in [3.63, 3.8) is 0 Å². The zero-order chi connectivity index (χ0) is 25.2. The van der Waals surface area contributed by atoms with Gasteiger partial charge in [0.1, 0.15) is 11.5 Å². The molecule has 0 atom stereocenters. The monoisotopic (exact) mass is 501 g/mol. The number of hydrogen-bond acceptors (Lipinski definition) is 4. The Hall–Kier alpha value is -3.61. The van der Waals surface area contributed by atoms with Crippen molar-refractivity contribution in [1.29, 1.82) is 0 Å². The molecular formula is C30H26F3N3O. The molecule has 0 radical (unpaired) electrons. The fourth-order valence-corrected chi connectivity index (χ4v) is 6.04. The summed E-state index contributed by atoms with van der Waals surface area (Å²) in [6.45, 7) is 1.89. The summed E-state index contributed by atoms with van der Waals surface area (Å²) >= 11 is 0. The molecule has 1 aliphatic heterocycles. The molecule has 1 saturated heterocycles. The summed E-state index contributed by atoms with van der Waals surface area (Å²) in [7, 11) is 0. The molecule has 4 nitrogen and oxygen atoms in total. The van der Waals surface area contributed by atoms with E-state index in [4.69, 9.17) is 4.52 Å². The fourth-order valence-electron chi connectivity index (χ4n) is 6.04. The fraction of sp³-hybridized carbons (Fsp3) is 0.333. The molecule has 2 aliphatic carbocycles. The number of fused-ring (bicyclic) bond motifs is 1. The van der Waals surface area contributed by atoms with Crippen LogP contribution in [0, 0.1) is 5.41 Å². The van der Waals surface area contributed by atoms with Gasteiger partial charge in [0, 0.05) is 53.6 Å². The number of benzene rings is 2. The van der Waals surface area contributed by atoms with Crippen LogP contribution in [0.25, 0.3) is 27.6 Å². The van der Waals surface area contributed by atoms with Crippen LogP contribution in [0.5, 0.6) is 0 Å². The predicted molar refractivity (Wildman–Crippen MR) is 137 cm³/mol. The lowest BCUT2D eigenvalue weighted by atomic mass is 9.63. The van der Waals surface area contributed by atoms with E-state index in [1.807, 2.05) is 18.5 Å². The third-order valence-electron chi connectivity index (χ3n) is 8.25. The topological polar surface area (TPSA) is 42.2 Å². The van der Waals surface area contributed by atoms with Gasteiger partial charge in [-0.1, -0.05) is 35.5 Å². The predicted octanol–water partition coefficient (Wildman–Crippen LogP) is 7.86. The zero-order valence-electron chi connectivity index (χ0n) is 20.3. The minimum atomic E-state index is -4.45. The van der Waals surface area contributed by atoms with E-state index < -0.39 is 11.7 Å². The van der Waals surface area contributed by atoms with Gasteiger partial charge in [0.2, 0.25) is 0 Å². The molecule has 2 fully saturated rings. The smallest absolute Gasteiger partial charge is 0.371 e. The lowest BCUT2D eigenvalue weighted by Gasteiger charge is -2.47. The first-order valence-electron chi connectivity index (χ1n) is 12.9. The summed E-state index contributed by atoms with van der Waals surface area (Å²) in [6, 6.07) is 14.2. The van der Waals surface area contributed by atoms with E-state index in [0.717, 1.165) is 73.5 Å². The van der Waals surface area contributed by atoms with Gasteiger partial charge in [0.15, 0.2) is 0 Å². The van der Waals surface area contributed by atoms with Gasteiger partial charge in [-0.2, -0.15) is 13.2 Å². The Balaban J connectivity index is 1.17. The van der Waals surface area contributed by atoms with Crippen LogP contribution < -0.4 is 4.90 Å². The van der Waals surface area contributed by atoms with Crippen molar-refractivity contribution in [3.05, 3.63) is 83.9 Å². The molecule has 3 aliphatic rings. The second-order valence-electron chi connectivity index (χ2n) is 10.7. The van der Waals surface area contributed by atoms with Crippen LogP contribution in [-0.2, 0) is 6.18 Å². The number of aromatic nitrogens is 2. The number of nitrogens with zero attached hydrogens (tertiary/aromatic N) is 3. The lowest BCUT2D eigenvalue weighted by Crippen LogP contribution is -2.42. The van der Waals surface area contributed by atoms with E-state index in [1.54, 1.807) is 6.07 Å². The number of rotatable bonds is 4. The molecule has 2 aromatic carbocycles. The quantitative estimate of drug-likeness (QED) is 0.285. The van der Waals surface area contributed by atoms with Crippen LogP contribution in [0.4, 0.5) is 18.9 Å². The number of pyridine rings is 1. The number of piperidine rings is 1. The Labute approximate surface area is 212 Å². The Morgan fingerprint density at radius 1 is 0.973 bits per heavy atom. The largest absolute Gasteiger partial charge is 0.417 e. The second-order valence-corrected chi connectivity index (χ2v) is 10.7. The van der Waals surface area contributed by atoms with Gasteiger partial charge in [-0.3, -0.25) is 4.98 Å². The molecule has 1 saturated carbocycles. The summed E-state index contributed by atoms with van der Waals surface area (Å²) in [5.41, 5.74) is 2.94. The highest BCUT2D eigenvalue weighted by Gasteiger charge is 2.44. The molecule has 0 unspecified atom stereocenters. The summed E-state index contributed by atoms with van der Waals surface area (Å²) in [6.07, 6.45) is 6.43. The first-order valence-corrected chi connectivity index (χ1v) is 12.9. The van der Waals surface area contributed by atoms with Crippen LogP contribution >= 0.6 is 0 Å². The first-order chi connectivity index (χ1) is 17.9. The van der Waals surface area contributed by atoms with Crippen molar-refractivity contribution >= 4 is 22.0 Å². The van der Waals surface area contributed by atoms with E-state index in [9.17, 15) is 13.2 Å². The highest BCUT2D eigenvalue weighted by molar-refractivity contribution is 5.86. The zero-order valence-corrected chi connectivity index (χ0v) is 20.3. The molecule has 7 heteroatoms. The second kappa shape index (κ2) is 8.20. The van der Waals surface area contributed by atoms with Crippen molar-refractivity contribution in [2.24, 2.45) is 5.41 Å². The van der Waals surface area contributed by atoms with Crippen molar-refractivity contribution in [2.45, 2.75) is 44.2 Å². The van der Waals surface area contributed by atoms with Gasteiger partial charge < -0.3 is 9.42 Å². The van der Waals surface area contributed by atoms with Gasteiger partial charge in [-0.05, 0) is 72.7 Å². The Kier molecular flexibility index (Phi) is 5.00. The maximum atomic E-state index is 13.8. The van der Waals surface area contributed by atoms with Crippen molar-refractivity contribution < 1.29 is 17.7 Å². The number of allylic oxidation sites excluding steroid dienone is 2. The first kappa shape index (κ1) is 22.6. The molecule has 4 aromatic rings. The molecule has 188 valence electrons. The summed E-state index contributed by atoms with van der Waals surface area (Å²) in [5.74, 6) is 1.02. The molecule has 0 amide bonds. The molecule has 0 N–H and O–H groups in total. The molecule has 7 rings (SSSR count). The third kappa shape index (κ3) is 3.92. The third-order valence-corrected chi connectivity index (χ3v) is 8.25. The normalized spacial score (nSPS) is 19.2. The molecule has 2 aromatic heterocycles.